The molecule has 0 atom stereocenters. The van der Waals surface area contributed by atoms with Crippen molar-refractivity contribution in [3.05, 3.63) is 59.7 Å². The number of anilines is 1. The number of carbonyl (C=O) groups excluding carboxylic acids is 1. The van der Waals surface area contributed by atoms with E-state index in [-0.39, 0.29) is 5.91 Å². The molecule has 0 N–H and O–H groups in total. The smallest absolute Gasteiger partial charge is 0.236 e. The lowest BCUT2D eigenvalue weighted by molar-refractivity contribution is -0.134. The van der Waals surface area contributed by atoms with E-state index in [1.165, 1.54) is 11.1 Å². The van der Waals surface area contributed by atoms with Gasteiger partial charge >= 0.3 is 0 Å². The van der Waals surface area contributed by atoms with Crippen molar-refractivity contribution in [2.24, 2.45) is 0 Å². The fourth-order valence-corrected chi connectivity index (χ4v) is 4.51. The quantitative estimate of drug-likeness (QED) is 0.715. The van der Waals surface area contributed by atoms with Crippen molar-refractivity contribution in [2.75, 3.05) is 70.9 Å². The number of aryl methyl sites for hydroxylation is 1. The highest BCUT2D eigenvalue weighted by atomic mass is 16.5. The van der Waals surface area contributed by atoms with Crippen LogP contribution in [0, 0.1) is 6.92 Å². The highest BCUT2D eigenvalue weighted by Crippen LogP contribution is 2.28. The largest absolute Gasteiger partial charge is 0.495 e. The number of methoxy groups -OCH3 is 1. The molecule has 6 heteroatoms. The second-order valence-corrected chi connectivity index (χ2v) is 8.52. The number of nitrogens with zero attached hydrogens (tertiary/aromatic N) is 4. The third-order valence-electron chi connectivity index (χ3n) is 6.54. The molecule has 166 valence electrons. The summed E-state index contributed by atoms with van der Waals surface area (Å²) in [4.78, 5) is 22.0. The van der Waals surface area contributed by atoms with Crippen LogP contribution in [0.5, 0.6) is 5.75 Å². The van der Waals surface area contributed by atoms with Gasteiger partial charge in [0, 0.05) is 58.9 Å². The molecule has 2 saturated heterocycles. The van der Waals surface area contributed by atoms with Gasteiger partial charge in [-0.25, -0.2) is 0 Å². The van der Waals surface area contributed by atoms with E-state index in [1.807, 2.05) is 23.1 Å². The molecule has 4 rings (SSSR count). The molecule has 2 aliphatic heterocycles. The van der Waals surface area contributed by atoms with E-state index in [0.717, 1.165) is 70.3 Å². The van der Waals surface area contributed by atoms with Crippen LogP contribution in [-0.2, 0) is 11.3 Å². The van der Waals surface area contributed by atoms with Crippen molar-refractivity contribution < 1.29 is 9.53 Å². The van der Waals surface area contributed by atoms with E-state index >= 15 is 0 Å². The van der Waals surface area contributed by atoms with Crippen LogP contribution in [0.25, 0.3) is 0 Å². The Hall–Kier alpha value is -2.57. The van der Waals surface area contributed by atoms with Gasteiger partial charge in [-0.2, -0.15) is 0 Å². The van der Waals surface area contributed by atoms with Crippen LogP contribution in [-0.4, -0.2) is 86.6 Å². The molecule has 31 heavy (non-hydrogen) atoms. The summed E-state index contributed by atoms with van der Waals surface area (Å²) in [5.74, 6) is 1.18. The van der Waals surface area contributed by atoms with E-state index in [1.54, 1.807) is 7.11 Å². The first-order valence-corrected chi connectivity index (χ1v) is 11.3. The second kappa shape index (κ2) is 10.2. The molecule has 0 spiro atoms. The van der Waals surface area contributed by atoms with Gasteiger partial charge in [-0.1, -0.05) is 36.4 Å². The Balaban J connectivity index is 1.22. The first kappa shape index (κ1) is 21.7. The van der Waals surface area contributed by atoms with Gasteiger partial charge < -0.3 is 14.5 Å². The molecule has 1 amide bonds. The van der Waals surface area contributed by atoms with Gasteiger partial charge in [0.15, 0.2) is 0 Å². The molecule has 6 nitrogen and oxygen atoms in total. The third-order valence-corrected chi connectivity index (χ3v) is 6.54. The maximum absolute atomic E-state index is 12.9. The van der Waals surface area contributed by atoms with Gasteiger partial charge in [-0.05, 0) is 30.2 Å². The number of para-hydroxylation sites is 2. The standard InChI is InChI=1S/C25H34N4O2/c1-21-7-3-4-8-22(21)19-26-13-17-29(18-14-26)25(30)20-27-11-15-28(16-12-27)23-9-5-6-10-24(23)31-2/h3-10H,11-20H2,1-2H3. The molecule has 0 aromatic heterocycles. The Labute approximate surface area is 186 Å². The zero-order chi connectivity index (χ0) is 21.6. The minimum absolute atomic E-state index is 0.265. The van der Waals surface area contributed by atoms with Crippen LogP contribution >= 0.6 is 0 Å². The summed E-state index contributed by atoms with van der Waals surface area (Å²) in [6.45, 7) is 10.8. The van der Waals surface area contributed by atoms with Crippen molar-refractivity contribution in [1.29, 1.82) is 0 Å². The fourth-order valence-electron chi connectivity index (χ4n) is 4.51. The lowest BCUT2D eigenvalue weighted by Crippen LogP contribution is -2.53. The Morgan fingerprint density at radius 1 is 0.839 bits per heavy atom. The zero-order valence-corrected chi connectivity index (χ0v) is 18.8. The van der Waals surface area contributed by atoms with Crippen LogP contribution in [0.3, 0.4) is 0 Å². The van der Waals surface area contributed by atoms with E-state index in [0.29, 0.717) is 6.54 Å². The van der Waals surface area contributed by atoms with Crippen molar-refractivity contribution in [3.8, 4) is 5.75 Å². The first-order chi connectivity index (χ1) is 15.1. The second-order valence-electron chi connectivity index (χ2n) is 8.52. The summed E-state index contributed by atoms with van der Waals surface area (Å²) in [7, 11) is 1.72. The molecule has 2 heterocycles. The SMILES string of the molecule is COc1ccccc1N1CCN(CC(=O)N2CCN(Cc3ccccc3C)CC2)CC1. The molecular formula is C25H34N4O2. The van der Waals surface area contributed by atoms with E-state index in [4.69, 9.17) is 4.74 Å². The third kappa shape index (κ3) is 5.38. The number of carbonyl (C=O) groups is 1. The Kier molecular flexibility index (Phi) is 7.10. The molecule has 0 saturated carbocycles. The van der Waals surface area contributed by atoms with Gasteiger partial charge in [0.2, 0.25) is 5.91 Å². The number of amides is 1. The molecule has 2 aromatic carbocycles. The topological polar surface area (TPSA) is 39.3 Å². The zero-order valence-electron chi connectivity index (χ0n) is 18.8. The maximum Gasteiger partial charge on any atom is 0.236 e. The average molecular weight is 423 g/mol. The minimum Gasteiger partial charge on any atom is -0.495 e. The van der Waals surface area contributed by atoms with E-state index < -0.39 is 0 Å². The number of hydrogen-bond donors (Lipinski definition) is 0. The highest BCUT2D eigenvalue weighted by Gasteiger charge is 2.25. The molecule has 0 unspecified atom stereocenters. The number of piperazine rings is 2. The number of hydrogen-bond acceptors (Lipinski definition) is 5. The molecule has 2 aromatic rings. The predicted octanol–water partition coefficient (Wildman–Crippen LogP) is 2.47. The van der Waals surface area contributed by atoms with Gasteiger partial charge in [0.05, 0.1) is 19.3 Å². The summed E-state index contributed by atoms with van der Waals surface area (Å²) < 4.78 is 5.50. The lowest BCUT2D eigenvalue weighted by Gasteiger charge is -2.39. The molecule has 0 radical (unpaired) electrons. The fraction of sp³-hybridized carbons (Fsp3) is 0.480. The maximum atomic E-state index is 12.9. The average Bonchev–Trinajstić information content (AvgIpc) is 2.81. The summed E-state index contributed by atoms with van der Waals surface area (Å²) in [5, 5.41) is 0. The number of ether oxygens (including phenoxy) is 1. The Morgan fingerprint density at radius 3 is 2.19 bits per heavy atom. The van der Waals surface area contributed by atoms with Crippen LogP contribution in [0.4, 0.5) is 5.69 Å². The molecule has 2 fully saturated rings. The van der Waals surface area contributed by atoms with Crippen molar-refractivity contribution in [2.45, 2.75) is 13.5 Å². The van der Waals surface area contributed by atoms with Gasteiger partial charge in [0.25, 0.3) is 0 Å². The summed E-state index contributed by atoms with van der Waals surface area (Å²) in [6, 6.07) is 16.7. The van der Waals surface area contributed by atoms with Gasteiger partial charge in [-0.15, -0.1) is 0 Å². The molecule has 0 bridgehead atoms. The molecule has 0 aliphatic carbocycles. The number of benzene rings is 2. The summed E-state index contributed by atoms with van der Waals surface area (Å²) in [6.07, 6.45) is 0. The number of rotatable bonds is 6. The monoisotopic (exact) mass is 422 g/mol. The van der Waals surface area contributed by atoms with Crippen molar-refractivity contribution in [1.82, 2.24) is 14.7 Å². The van der Waals surface area contributed by atoms with E-state index in [2.05, 4.69) is 52.0 Å². The summed E-state index contributed by atoms with van der Waals surface area (Å²) >= 11 is 0. The normalized spacial score (nSPS) is 18.3. The van der Waals surface area contributed by atoms with E-state index in [9.17, 15) is 4.79 Å². The highest BCUT2D eigenvalue weighted by molar-refractivity contribution is 5.78. The Bertz CT molecular complexity index is 871. The Morgan fingerprint density at radius 2 is 1.48 bits per heavy atom. The van der Waals surface area contributed by atoms with Crippen LogP contribution in [0.2, 0.25) is 0 Å². The van der Waals surface area contributed by atoms with Gasteiger partial charge in [0.1, 0.15) is 5.75 Å². The van der Waals surface area contributed by atoms with Crippen molar-refractivity contribution >= 4 is 11.6 Å². The lowest BCUT2D eigenvalue weighted by atomic mass is 10.1. The molecule has 2 aliphatic rings. The first-order valence-electron chi connectivity index (χ1n) is 11.3. The van der Waals surface area contributed by atoms with Gasteiger partial charge in [-0.3, -0.25) is 14.6 Å². The minimum atomic E-state index is 0.265. The summed E-state index contributed by atoms with van der Waals surface area (Å²) in [5.41, 5.74) is 3.87. The van der Waals surface area contributed by atoms with Crippen LogP contribution in [0.15, 0.2) is 48.5 Å². The van der Waals surface area contributed by atoms with Crippen molar-refractivity contribution in [3.63, 3.8) is 0 Å². The van der Waals surface area contributed by atoms with Crippen LogP contribution in [0.1, 0.15) is 11.1 Å². The van der Waals surface area contributed by atoms with Crippen LogP contribution < -0.4 is 9.64 Å². The molecular weight excluding hydrogens is 388 g/mol. The predicted molar refractivity (Wildman–Crippen MR) is 125 cm³/mol.